The molecule has 2 aliphatic heterocycles. The summed E-state index contributed by atoms with van der Waals surface area (Å²) in [7, 11) is 0. The fourth-order valence-corrected chi connectivity index (χ4v) is 4.17. The molecular weight excluding hydrogens is 236 g/mol. The number of rotatable bonds is 0. The maximum absolute atomic E-state index is 12.6. The lowest BCUT2D eigenvalue weighted by Gasteiger charge is -2.43. The number of hydrogen-bond donors (Lipinski definition) is 0. The number of carbonyl (C=O) groups excluding carboxylic acids is 1. The normalized spacial score (nSPS) is 33.1. The van der Waals surface area contributed by atoms with E-state index in [1.807, 2.05) is 0 Å². The van der Waals surface area contributed by atoms with Gasteiger partial charge in [0.1, 0.15) is 0 Å². The van der Waals surface area contributed by atoms with E-state index in [9.17, 15) is 4.79 Å². The van der Waals surface area contributed by atoms with Crippen molar-refractivity contribution in [2.45, 2.75) is 51.9 Å². The molecule has 3 rings (SSSR count). The molecule has 0 radical (unpaired) electrons. The fourth-order valence-electron chi connectivity index (χ4n) is 4.17. The zero-order chi connectivity index (χ0) is 13.2. The quantitative estimate of drug-likeness (QED) is 0.658. The van der Waals surface area contributed by atoms with Crippen LogP contribution in [0.5, 0.6) is 0 Å². The first-order chi connectivity index (χ1) is 9.24. The summed E-state index contributed by atoms with van der Waals surface area (Å²) in [5.41, 5.74) is 0. The Labute approximate surface area is 117 Å². The zero-order valence-corrected chi connectivity index (χ0v) is 12.3. The number of fused-ring (bicyclic) bond motifs is 1. The summed E-state index contributed by atoms with van der Waals surface area (Å²) in [5.74, 6) is 2.52. The van der Waals surface area contributed by atoms with Crippen molar-refractivity contribution in [1.82, 2.24) is 9.80 Å². The van der Waals surface area contributed by atoms with Crippen LogP contribution in [0.15, 0.2) is 0 Å². The van der Waals surface area contributed by atoms with E-state index in [0.29, 0.717) is 6.03 Å². The SMILES string of the molecule is CC1CCN(C(=O)N2CCC3CCCCC3C2)CC1. The molecule has 2 saturated heterocycles. The van der Waals surface area contributed by atoms with Gasteiger partial charge in [-0.15, -0.1) is 0 Å². The van der Waals surface area contributed by atoms with E-state index in [1.54, 1.807) is 0 Å². The molecule has 3 fully saturated rings. The first kappa shape index (κ1) is 13.3. The van der Waals surface area contributed by atoms with Crippen molar-refractivity contribution in [3.8, 4) is 0 Å². The minimum Gasteiger partial charge on any atom is -0.325 e. The summed E-state index contributed by atoms with van der Waals surface area (Å²) in [6.07, 6.45) is 9.18. The Morgan fingerprint density at radius 1 is 0.842 bits per heavy atom. The summed E-state index contributed by atoms with van der Waals surface area (Å²) in [4.78, 5) is 16.8. The standard InChI is InChI=1S/C16H28N2O/c1-13-6-9-17(10-7-13)16(19)18-11-8-14-4-2-3-5-15(14)12-18/h13-15H,2-12H2,1H3. The summed E-state index contributed by atoms with van der Waals surface area (Å²) in [6, 6.07) is 0.330. The third-order valence-corrected chi connectivity index (χ3v) is 5.62. The molecule has 108 valence electrons. The monoisotopic (exact) mass is 264 g/mol. The first-order valence-corrected chi connectivity index (χ1v) is 8.28. The molecule has 0 aromatic rings. The van der Waals surface area contributed by atoms with Crippen LogP contribution >= 0.6 is 0 Å². The van der Waals surface area contributed by atoms with Crippen LogP contribution in [-0.2, 0) is 0 Å². The van der Waals surface area contributed by atoms with Crippen LogP contribution < -0.4 is 0 Å². The topological polar surface area (TPSA) is 23.6 Å². The summed E-state index contributed by atoms with van der Waals surface area (Å²) >= 11 is 0. The molecule has 3 nitrogen and oxygen atoms in total. The lowest BCUT2D eigenvalue weighted by Crippen LogP contribution is -2.51. The van der Waals surface area contributed by atoms with Crippen molar-refractivity contribution in [3.05, 3.63) is 0 Å². The first-order valence-electron chi connectivity index (χ1n) is 8.28. The summed E-state index contributed by atoms with van der Waals surface area (Å²) < 4.78 is 0. The maximum atomic E-state index is 12.6. The summed E-state index contributed by atoms with van der Waals surface area (Å²) in [5, 5.41) is 0. The lowest BCUT2D eigenvalue weighted by atomic mass is 9.75. The van der Waals surface area contributed by atoms with Gasteiger partial charge < -0.3 is 9.80 Å². The van der Waals surface area contributed by atoms with Gasteiger partial charge in [0.15, 0.2) is 0 Å². The number of nitrogens with zero attached hydrogens (tertiary/aromatic N) is 2. The Morgan fingerprint density at radius 3 is 2.21 bits per heavy atom. The van der Waals surface area contributed by atoms with Gasteiger partial charge in [-0.2, -0.15) is 0 Å². The van der Waals surface area contributed by atoms with Gasteiger partial charge in [0.25, 0.3) is 0 Å². The largest absolute Gasteiger partial charge is 0.325 e. The van der Waals surface area contributed by atoms with Gasteiger partial charge in [-0.3, -0.25) is 0 Å². The number of likely N-dealkylation sites (tertiary alicyclic amines) is 2. The third kappa shape index (κ3) is 2.90. The van der Waals surface area contributed by atoms with Crippen molar-refractivity contribution in [2.24, 2.45) is 17.8 Å². The van der Waals surface area contributed by atoms with Gasteiger partial charge in [-0.05, 0) is 43.4 Å². The molecule has 0 bridgehead atoms. The molecule has 3 aliphatic rings. The van der Waals surface area contributed by atoms with E-state index in [-0.39, 0.29) is 0 Å². The Morgan fingerprint density at radius 2 is 1.47 bits per heavy atom. The van der Waals surface area contributed by atoms with Crippen molar-refractivity contribution in [3.63, 3.8) is 0 Å². The van der Waals surface area contributed by atoms with Crippen molar-refractivity contribution in [1.29, 1.82) is 0 Å². The third-order valence-electron chi connectivity index (χ3n) is 5.62. The lowest BCUT2D eigenvalue weighted by molar-refractivity contribution is 0.0771. The van der Waals surface area contributed by atoms with Crippen LogP contribution in [0.4, 0.5) is 4.79 Å². The second-order valence-corrected chi connectivity index (χ2v) is 6.99. The minimum atomic E-state index is 0.330. The molecule has 0 N–H and O–H groups in total. The smallest absolute Gasteiger partial charge is 0.320 e. The number of amides is 2. The Kier molecular flexibility index (Phi) is 3.99. The molecule has 1 aliphatic carbocycles. The molecule has 0 aromatic carbocycles. The highest BCUT2D eigenvalue weighted by atomic mass is 16.2. The van der Waals surface area contributed by atoms with Crippen molar-refractivity contribution in [2.75, 3.05) is 26.2 Å². The predicted molar refractivity (Wildman–Crippen MR) is 77.0 cm³/mol. The highest BCUT2D eigenvalue weighted by molar-refractivity contribution is 5.74. The molecule has 2 unspecified atom stereocenters. The van der Waals surface area contributed by atoms with Crippen LogP contribution in [0.25, 0.3) is 0 Å². The average Bonchev–Trinajstić information content (AvgIpc) is 2.47. The number of carbonyl (C=O) groups is 1. The number of hydrogen-bond acceptors (Lipinski definition) is 1. The van der Waals surface area contributed by atoms with Crippen molar-refractivity contribution >= 4 is 6.03 Å². The van der Waals surface area contributed by atoms with Gasteiger partial charge in [-0.25, -0.2) is 4.79 Å². The Balaban J connectivity index is 1.55. The predicted octanol–water partition coefficient (Wildman–Crippen LogP) is 3.35. The molecule has 0 aromatic heterocycles. The van der Waals surface area contributed by atoms with Crippen LogP contribution in [0.1, 0.15) is 51.9 Å². The van der Waals surface area contributed by atoms with Gasteiger partial charge in [0.05, 0.1) is 0 Å². The van der Waals surface area contributed by atoms with Crippen LogP contribution in [0, 0.1) is 17.8 Å². The van der Waals surface area contributed by atoms with Crippen LogP contribution in [0.3, 0.4) is 0 Å². The number of piperidine rings is 2. The summed E-state index contributed by atoms with van der Waals surface area (Å²) in [6.45, 7) is 6.30. The molecule has 2 amide bonds. The van der Waals surface area contributed by atoms with E-state index in [4.69, 9.17) is 0 Å². The van der Waals surface area contributed by atoms with Crippen LogP contribution in [-0.4, -0.2) is 42.0 Å². The van der Waals surface area contributed by atoms with Gasteiger partial charge >= 0.3 is 6.03 Å². The highest BCUT2D eigenvalue weighted by Crippen LogP contribution is 2.36. The van der Waals surface area contributed by atoms with E-state index >= 15 is 0 Å². The van der Waals surface area contributed by atoms with E-state index in [0.717, 1.165) is 43.9 Å². The van der Waals surface area contributed by atoms with Crippen LogP contribution in [0.2, 0.25) is 0 Å². The molecule has 3 heteroatoms. The van der Waals surface area contributed by atoms with E-state index in [1.165, 1.54) is 44.9 Å². The maximum Gasteiger partial charge on any atom is 0.320 e. The molecule has 1 saturated carbocycles. The van der Waals surface area contributed by atoms with Gasteiger partial charge in [-0.1, -0.05) is 26.2 Å². The zero-order valence-electron chi connectivity index (χ0n) is 12.3. The second-order valence-electron chi connectivity index (χ2n) is 6.99. The highest BCUT2D eigenvalue weighted by Gasteiger charge is 2.34. The average molecular weight is 264 g/mol. The molecular formula is C16H28N2O. The minimum absolute atomic E-state index is 0.330. The number of urea groups is 1. The van der Waals surface area contributed by atoms with E-state index in [2.05, 4.69) is 16.7 Å². The van der Waals surface area contributed by atoms with E-state index < -0.39 is 0 Å². The van der Waals surface area contributed by atoms with Gasteiger partial charge in [0.2, 0.25) is 0 Å². The second kappa shape index (κ2) is 5.72. The fraction of sp³-hybridized carbons (Fsp3) is 0.938. The molecule has 2 atom stereocenters. The van der Waals surface area contributed by atoms with Gasteiger partial charge in [0, 0.05) is 26.2 Å². The molecule has 2 heterocycles. The molecule has 0 spiro atoms. The van der Waals surface area contributed by atoms with Crippen molar-refractivity contribution < 1.29 is 4.79 Å². The Hall–Kier alpha value is -0.730. The molecule has 19 heavy (non-hydrogen) atoms. The Bertz CT molecular complexity index is 323.